The highest BCUT2D eigenvalue weighted by Gasteiger charge is 2.28. The summed E-state index contributed by atoms with van der Waals surface area (Å²) < 4.78 is 5.18. The lowest BCUT2D eigenvalue weighted by Crippen LogP contribution is -2.32. The summed E-state index contributed by atoms with van der Waals surface area (Å²) in [7, 11) is 1.77. The fourth-order valence-electron chi connectivity index (χ4n) is 2.41. The zero-order valence-electron chi connectivity index (χ0n) is 12.1. The van der Waals surface area contributed by atoms with Crippen molar-refractivity contribution in [3.05, 3.63) is 35.4 Å². The topological polar surface area (TPSA) is 38.5 Å². The van der Waals surface area contributed by atoms with E-state index in [9.17, 15) is 0 Å². The molecule has 106 valence electrons. The maximum absolute atomic E-state index is 6.28. The zero-order chi connectivity index (χ0) is 13.7. The molecule has 1 saturated carbocycles. The number of hydrogen-bond acceptors (Lipinski definition) is 3. The van der Waals surface area contributed by atoms with Crippen LogP contribution in [0.2, 0.25) is 0 Å². The maximum Gasteiger partial charge on any atom is 0.0589 e. The number of benzene rings is 1. The molecule has 0 heterocycles. The van der Waals surface area contributed by atoms with E-state index in [2.05, 4.69) is 36.1 Å². The van der Waals surface area contributed by atoms with Crippen LogP contribution >= 0.6 is 0 Å². The van der Waals surface area contributed by atoms with Crippen LogP contribution in [-0.4, -0.2) is 37.7 Å². The van der Waals surface area contributed by atoms with Crippen molar-refractivity contribution in [1.82, 2.24) is 4.90 Å². The van der Waals surface area contributed by atoms with Gasteiger partial charge in [0.1, 0.15) is 0 Å². The molecule has 1 fully saturated rings. The lowest BCUT2D eigenvalue weighted by atomic mass is 10.0. The fraction of sp³-hybridized carbons (Fsp3) is 0.625. The van der Waals surface area contributed by atoms with Crippen LogP contribution in [0.4, 0.5) is 0 Å². The van der Waals surface area contributed by atoms with E-state index in [1.165, 1.54) is 24.0 Å². The first kappa shape index (κ1) is 14.5. The first-order chi connectivity index (χ1) is 9.20. The molecule has 1 aromatic rings. The summed E-state index contributed by atoms with van der Waals surface area (Å²) in [4.78, 5) is 2.53. The molecule has 3 nitrogen and oxygen atoms in total. The Morgan fingerprint density at radius 2 is 1.95 bits per heavy atom. The number of nitrogens with zero attached hydrogens (tertiary/aromatic N) is 1. The van der Waals surface area contributed by atoms with Crippen LogP contribution in [0.3, 0.4) is 0 Å². The molecule has 2 rings (SSSR count). The second kappa shape index (κ2) is 7.04. The van der Waals surface area contributed by atoms with Gasteiger partial charge in [-0.25, -0.2) is 0 Å². The second-order valence-corrected chi connectivity index (χ2v) is 5.57. The average molecular weight is 262 g/mol. The minimum atomic E-state index is 0.143. The molecule has 0 aliphatic heterocycles. The fourth-order valence-corrected chi connectivity index (χ4v) is 2.41. The molecule has 3 heteroatoms. The van der Waals surface area contributed by atoms with Crippen molar-refractivity contribution in [1.29, 1.82) is 0 Å². The Morgan fingerprint density at radius 3 is 2.53 bits per heavy atom. The van der Waals surface area contributed by atoms with Gasteiger partial charge in [-0.2, -0.15) is 0 Å². The molecule has 0 aromatic heterocycles. The summed E-state index contributed by atoms with van der Waals surface area (Å²) in [5, 5.41) is 0. The van der Waals surface area contributed by atoms with Crippen molar-refractivity contribution in [3.63, 3.8) is 0 Å². The van der Waals surface area contributed by atoms with Crippen LogP contribution in [0.15, 0.2) is 24.3 Å². The molecule has 1 aromatic carbocycles. The monoisotopic (exact) mass is 262 g/mol. The summed E-state index contributed by atoms with van der Waals surface area (Å²) in [6.07, 6.45) is 3.69. The lowest BCUT2D eigenvalue weighted by Gasteiger charge is -2.23. The van der Waals surface area contributed by atoms with E-state index in [1.54, 1.807) is 7.11 Å². The summed E-state index contributed by atoms with van der Waals surface area (Å²) >= 11 is 0. The Labute approximate surface area is 116 Å². The summed E-state index contributed by atoms with van der Waals surface area (Å²) in [5.74, 6) is 0. The lowest BCUT2D eigenvalue weighted by molar-refractivity contribution is 0.141. The normalized spacial score (nSPS) is 16.8. The third-order valence-corrected chi connectivity index (χ3v) is 3.88. The molecule has 1 atom stereocenters. The first-order valence-electron chi connectivity index (χ1n) is 7.26. The average Bonchev–Trinajstić information content (AvgIpc) is 3.24. The Balaban J connectivity index is 1.80. The van der Waals surface area contributed by atoms with E-state index < -0.39 is 0 Å². The standard InChI is InChI=1S/C16H26N2O/c1-13-3-5-14(6-4-13)16(17)9-10-18(11-12-19-2)15-7-8-15/h3-6,15-16H,7-12,17H2,1-2H3. The van der Waals surface area contributed by atoms with Crippen molar-refractivity contribution in [3.8, 4) is 0 Å². The Morgan fingerprint density at radius 1 is 1.26 bits per heavy atom. The number of rotatable bonds is 8. The summed E-state index contributed by atoms with van der Waals surface area (Å²) in [5.41, 5.74) is 8.82. The van der Waals surface area contributed by atoms with E-state index in [0.717, 1.165) is 32.2 Å². The molecule has 0 saturated heterocycles. The molecule has 1 aliphatic rings. The SMILES string of the molecule is COCCN(CCC(N)c1ccc(C)cc1)C1CC1. The van der Waals surface area contributed by atoms with Crippen LogP contribution in [0, 0.1) is 6.92 Å². The Kier molecular flexibility index (Phi) is 5.37. The quantitative estimate of drug-likeness (QED) is 0.782. The van der Waals surface area contributed by atoms with Gasteiger partial charge >= 0.3 is 0 Å². The van der Waals surface area contributed by atoms with Crippen molar-refractivity contribution in [2.45, 2.75) is 38.3 Å². The minimum absolute atomic E-state index is 0.143. The molecular formula is C16H26N2O. The van der Waals surface area contributed by atoms with Gasteiger partial charge in [0.25, 0.3) is 0 Å². The Hall–Kier alpha value is -0.900. The minimum Gasteiger partial charge on any atom is -0.383 e. The number of aryl methyl sites for hydroxylation is 1. The summed E-state index contributed by atoms with van der Waals surface area (Å²) in [6.45, 7) is 5.02. The van der Waals surface area contributed by atoms with Crippen LogP contribution in [0.5, 0.6) is 0 Å². The molecule has 0 amide bonds. The van der Waals surface area contributed by atoms with Crippen LogP contribution in [-0.2, 0) is 4.74 Å². The summed E-state index contributed by atoms with van der Waals surface area (Å²) in [6, 6.07) is 9.50. The molecule has 19 heavy (non-hydrogen) atoms. The number of nitrogens with two attached hydrogens (primary N) is 1. The second-order valence-electron chi connectivity index (χ2n) is 5.57. The predicted octanol–water partition coefficient (Wildman–Crippen LogP) is 2.50. The Bertz CT molecular complexity index is 373. The van der Waals surface area contributed by atoms with Crippen molar-refractivity contribution < 1.29 is 4.74 Å². The molecule has 0 radical (unpaired) electrons. The highest BCUT2D eigenvalue weighted by atomic mass is 16.5. The van der Waals surface area contributed by atoms with E-state index in [1.807, 2.05) is 0 Å². The van der Waals surface area contributed by atoms with Gasteiger partial charge in [-0.3, -0.25) is 4.90 Å². The van der Waals surface area contributed by atoms with Crippen LogP contribution < -0.4 is 5.73 Å². The van der Waals surface area contributed by atoms with E-state index in [0.29, 0.717) is 0 Å². The van der Waals surface area contributed by atoms with Gasteiger partial charge in [0.05, 0.1) is 6.61 Å². The third kappa shape index (κ3) is 4.60. The van der Waals surface area contributed by atoms with Gasteiger partial charge in [0, 0.05) is 32.3 Å². The first-order valence-corrected chi connectivity index (χ1v) is 7.26. The molecule has 0 spiro atoms. The van der Waals surface area contributed by atoms with Crippen molar-refractivity contribution in [2.24, 2.45) is 5.73 Å². The smallest absolute Gasteiger partial charge is 0.0589 e. The largest absolute Gasteiger partial charge is 0.383 e. The van der Waals surface area contributed by atoms with Gasteiger partial charge in [-0.15, -0.1) is 0 Å². The van der Waals surface area contributed by atoms with Crippen molar-refractivity contribution in [2.75, 3.05) is 26.8 Å². The molecule has 1 unspecified atom stereocenters. The van der Waals surface area contributed by atoms with Gasteiger partial charge in [-0.1, -0.05) is 29.8 Å². The third-order valence-electron chi connectivity index (χ3n) is 3.88. The highest BCUT2D eigenvalue weighted by Crippen LogP contribution is 2.27. The van der Waals surface area contributed by atoms with E-state index in [4.69, 9.17) is 10.5 Å². The molecule has 1 aliphatic carbocycles. The number of ether oxygens (including phenoxy) is 1. The van der Waals surface area contributed by atoms with Crippen molar-refractivity contribution >= 4 is 0 Å². The number of hydrogen-bond donors (Lipinski definition) is 1. The number of methoxy groups -OCH3 is 1. The molecular weight excluding hydrogens is 236 g/mol. The van der Waals surface area contributed by atoms with Gasteiger partial charge in [0.2, 0.25) is 0 Å². The molecule has 0 bridgehead atoms. The van der Waals surface area contributed by atoms with E-state index in [-0.39, 0.29) is 6.04 Å². The molecule has 2 N–H and O–H groups in total. The van der Waals surface area contributed by atoms with Crippen LogP contribution in [0.25, 0.3) is 0 Å². The predicted molar refractivity (Wildman–Crippen MR) is 79.2 cm³/mol. The maximum atomic E-state index is 6.28. The van der Waals surface area contributed by atoms with Crippen LogP contribution in [0.1, 0.15) is 36.4 Å². The van der Waals surface area contributed by atoms with Gasteiger partial charge in [0.15, 0.2) is 0 Å². The van der Waals surface area contributed by atoms with E-state index >= 15 is 0 Å². The van der Waals surface area contributed by atoms with Gasteiger partial charge < -0.3 is 10.5 Å². The zero-order valence-corrected chi connectivity index (χ0v) is 12.1. The highest BCUT2D eigenvalue weighted by molar-refractivity contribution is 5.23. The van der Waals surface area contributed by atoms with Gasteiger partial charge in [-0.05, 0) is 31.7 Å².